The summed E-state index contributed by atoms with van der Waals surface area (Å²) in [4.78, 5) is 10.5. The number of amides is 1. The van der Waals surface area contributed by atoms with Crippen molar-refractivity contribution < 1.29 is 14.6 Å². The van der Waals surface area contributed by atoms with Gasteiger partial charge in [0.2, 0.25) is 6.41 Å². The number of carbonyl (C=O) groups excluding carboxylic acids is 1. The molecule has 0 fully saturated rings. The van der Waals surface area contributed by atoms with E-state index in [1.54, 1.807) is 19.2 Å². The third kappa shape index (κ3) is 5.93. The van der Waals surface area contributed by atoms with E-state index in [0.29, 0.717) is 12.1 Å². The summed E-state index contributed by atoms with van der Waals surface area (Å²) < 4.78 is 5.14. The number of nitrogens with one attached hydrogen (secondary N) is 2. The number of aromatic hydroxyl groups is 1. The van der Waals surface area contributed by atoms with Crippen molar-refractivity contribution in [1.29, 1.82) is 0 Å². The molecule has 3 N–H and O–H groups in total. The smallest absolute Gasteiger partial charge is 0.211 e. The number of phenols is 1. The lowest BCUT2D eigenvalue weighted by Gasteiger charge is -2.08. The van der Waals surface area contributed by atoms with Crippen molar-refractivity contribution in [3.8, 4) is 11.5 Å². The first-order chi connectivity index (χ1) is 11.2. The highest BCUT2D eigenvalue weighted by Crippen LogP contribution is 2.23. The highest BCUT2D eigenvalue weighted by atomic mass is 16.5. The van der Waals surface area contributed by atoms with Gasteiger partial charge in [-0.15, -0.1) is 0 Å². The summed E-state index contributed by atoms with van der Waals surface area (Å²) in [7, 11) is 1.66. The Bertz CT molecular complexity index is 627. The van der Waals surface area contributed by atoms with Gasteiger partial charge in [0.05, 0.1) is 12.8 Å². The Labute approximate surface area is 143 Å². The van der Waals surface area contributed by atoms with E-state index < -0.39 is 0 Å². The van der Waals surface area contributed by atoms with Gasteiger partial charge in [-0.2, -0.15) is 0 Å². The van der Waals surface area contributed by atoms with Crippen LogP contribution in [0.2, 0.25) is 0 Å². The number of ether oxygens (including phenoxy) is 1. The summed E-state index contributed by atoms with van der Waals surface area (Å²) in [5.41, 5.74) is 2.76. The van der Waals surface area contributed by atoms with Crippen molar-refractivity contribution in [2.45, 2.75) is 20.3 Å². The maximum atomic E-state index is 10.5. The van der Waals surface area contributed by atoms with E-state index in [4.69, 9.17) is 4.74 Å². The van der Waals surface area contributed by atoms with Crippen molar-refractivity contribution >= 4 is 12.1 Å². The summed E-state index contributed by atoms with van der Waals surface area (Å²) in [6.07, 6.45) is 2.35. The Hall–Kier alpha value is -2.53. The first-order valence-corrected chi connectivity index (χ1v) is 7.58. The maximum Gasteiger partial charge on any atom is 0.211 e. The van der Waals surface area contributed by atoms with Gasteiger partial charge in [-0.05, 0) is 61.3 Å². The molecule has 0 aliphatic rings. The molecule has 5 heteroatoms. The molecule has 5 nitrogen and oxygen atoms in total. The van der Waals surface area contributed by atoms with Crippen LogP contribution in [0.4, 0.5) is 5.69 Å². The molecule has 0 heterocycles. The van der Waals surface area contributed by atoms with Gasteiger partial charge in [0.15, 0.2) is 0 Å². The average Bonchev–Trinajstić information content (AvgIpc) is 2.58. The van der Waals surface area contributed by atoms with Gasteiger partial charge in [0.25, 0.3) is 0 Å². The second-order valence-corrected chi connectivity index (χ2v) is 5.21. The predicted octanol–water partition coefficient (Wildman–Crippen LogP) is 2.98. The molecular weight excluding hydrogens is 304 g/mol. The number of hydrogen-bond donors (Lipinski definition) is 3. The van der Waals surface area contributed by atoms with Crippen molar-refractivity contribution in [2.75, 3.05) is 25.5 Å². The van der Waals surface area contributed by atoms with Gasteiger partial charge in [0, 0.05) is 0 Å². The molecular formula is C19H26N2O3. The SMILES string of the molecule is C.COc1ccc(CCNCCc2ccc(O)c(NC=O)c2)cc1. The van der Waals surface area contributed by atoms with Crippen LogP contribution in [0.5, 0.6) is 11.5 Å². The van der Waals surface area contributed by atoms with Crippen LogP contribution in [0.3, 0.4) is 0 Å². The summed E-state index contributed by atoms with van der Waals surface area (Å²) >= 11 is 0. The molecule has 0 bridgehead atoms. The third-order valence-electron chi connectivity index (χ3n) is 3.62. The van der Waals surface area contributed by atoms with Crippen LogP contribution in [0.25, 0.3) is 0 Å². The lowest BCUT2D eigenvalue weighted by Crippen LogP contribution is -2.20. The Morgan fingerprint density at radius 3 is 2.29 bits per heavy atom. The summed E-state index contributed by atoms with van der Waals surface area (Å²) in [5.74, 6) is 0.946. The molecule has 2 rings (SSSR count). The fourth-order valence-electron chi connectivity index (χ4n) is 2.30. The third-order valence-corrected chi connectivity index (χ3v) is 3.62. The van der Waals surface area contributed by atoms with Gasteiger partial charge in [-0.1, -0.05) is 25.6 Å². The summed E-state index contributed by atoms with van der Waals surface area (Å²) in [6.45, 7) is 1.73. The Morgan fingerprint density at radius 1 is 1.04 bits per heavy atom. The largest absolute Gasteiger partial charge is 0.506 e. The second kappa shape index (κ2) is 10.3. The first kappa shape index (κ1) is 19.5. The molecule has 0 spiro atoms. The number of carbonyl (C=O) groups is 1. The molecule has 0 aliphatic carbocycles. The van der Waals surface area contributed by atoms with E-state index in [1.165, 1.54) is 5.56 Å². The number of phenolic OH excluding ortho intramolecular Hbond substituents is 1. The molecule has 0 saturated carbocycles. The standard InChI is InChI=1S/C18H22N2O3.CH4/c1-23-16-5-2-14(3-6-16)8-10-19-11-9-15-4-7-18(22)17(12-15)20-13-21;/h2-7,12-13,19,22H,8-11H2,1H3,(H,20,21);1H4. The number of rotatable bonds is 9. The molecule has 24 heavy (non-hydrogen) atoms. The van der Waals surface area contributed by atoms with Crippen molar-refractivity contribution in [3.63, 3.8) is 0 Å². The summed E-state index contributed by atoms with van der Waals surface area (Å²) in [6, 6.07) is 13.3. The van der Waals surface area contributed by atoms with Crippen LogP contribution in [0, 0.1) is 0 Å². The van der Waals surface area contributed by atoms with Gasteiger partial charge in [-0.25, -0.2) is 0 Å². The minimum absolute atomic E-state index is 0. The molecule has 0 atom stereocenters. The molecule has 2 aromatic carbocycles. The number of benzene rings is 2. The van der Waals surface area contributed by atoms with Crippen LogP contribution in [0.15, 0.2) is 42.5 Å². The van der Waals surface area contributed by atoms with Crippen LogP contribution in [0.1, 0.15) is 18.6 Å². The zero-order valence-electron chi connectivity index (χ0n) is 13.2. The molecule has 0 saturated heterocycles. The molecule has 2 aromatic rings. The zero-order chi connectivity index (χ0) is 16.5. The van der Waals surface area contributed by atoms with Crippen LogP contribution in [-0.4, -0.2) is 31.7 Å². The fourth-order valence-corrected chi connectivity index (χ4v) is 2.30. The van der Waals surface area contributed by atoms with E-state index in [2.05, 4.69) is 22.8 Å². The minimum atomic E-state index is 0. The predicted molar refractivity (Wildman–Crippen MR) is 97.8 cm³/mol. The molecule has 0 radical (unpaired) electrons. The molecule has 0 aromatic heterocycles. The zero-order valence-corrected chi connectivity index (χ0v) is 13.2. The highest BCUT2D eigenvalue weighted by Gasteiger charge is 2.02. The van der Waals surface area contributed by atoms with Crippen molar-refractivity contribution in [1.82, 2.24) is 5.32 Å². The van der Waals surface area contributed by atoms with E-state index in [1.807, 2.05) is 18.2 Å². The Kier molecular flexibility index (Phi) is 8.36. The van der Waals surface area contributed by atoms with Gasteiger partial charge < -0.3 is 20.5 Å². The topological polar surface area (TPSA) is 70.6 Å². The average molecular weight is 330 g/mol. The molecule has 0 aliphatic heterocycles. The second-order valence-electron chi connectivity index (χ2n) is 5.21. The van der Waals surface area contributed by atoms with E-state index in [-0.39, 0.29) is 13.2 Å². The van der Waals surface area contributed by atoms with Crippen molar-refractivity contribution in [3.05, 3.63) is 53.6 Å². The lowest BCUT2D eigenvalue weighted by molar-refractivity contribution is -0.105. The van der Waals surface area contributed by atoms with Gasteiger partial charge in [0.1, 0.15) is 11.5 Å². The Morgan fingerprint density at radius 2 is 1.67 bits per heavy atom. The highest BCUT2D eigenvalue weighted by molar-refractivity contribution is 5.75. The van der Waals surface area contributed by atoms with Crippen LogP contribution < -0.4 is 15.4 Å². The monoisotopic (exact) mass is 330 g/mol. The van der Waals surface area contributed by atoms with Crippen molar-refractivity contribution in [2.24, 2.45) is 0 Å². The fraction of sp³-hybridized carbons (Fsp3) is 0.316. The number of anilines is 1. The quantitative estimate of drug-likeness (QED) is 0.375. The van der Waals surface area contributed by atoms with Gasteiger partial charge >= 0.3 is 0 Å². The first-order valence-electron chi connectivity index (χ1n) is 7.58. The van der Waals surface area contributed by atoms with E-state index >= 15 is 0 Å². The Balaban J connectivity index is 0.00000288. The summed E-state index contributed by atoms with van der Waals surface area (Å²) in [5, 5.41) is 15.5. The van der Waals surface area contributed by atoms with Gasteiger partial charge in [-0.3, -0.25) is 4.79 Å². The van der Waals surface area contributed by atoms with Crippen LogP contribution >= 0.6 is 0 Å². The molecule has 0 unspecified atom stereocenters. The normalized spacial score (nSPS) is 9.88. The van der Waals surface area contributed by atoms with Crippen LogP contribution in [-0.2, 0) is 17.6 Å². The molecule has 1 amide bonds. The van der Waals surface area contributed by atoms with E-state index in [9.17, 15) is 9.90 Å². The molecule has 130 valence electrons. The number of methoxy groups -OCH3 is 1. The minimum Gasteiger partial charge on any atom is -0.506 e. The maximum absolute atomic E-state index is 10.5. The number of hydrogen-bond acceptors (Lipinski definition) is 4. The lowest BCUT2D eigenvalue weighted by atomic mass is 10.1. The van der Waals surface area contributed by atoms with E-state index in [0.717, 1.165) is 37.2 Å².